The molecule has 0 saturated heterocycles. The standard InChI is InChI=1S/C7H11N.C5H6.Fe/c8-6-5-7-3-1-2-4-7;1-2-4-5-3-1;/h1-4,7H,5-6,8H2;1-4H,5H2;. The summed E-state index contributed by atoms with van der Waals surface area (Å²) in [6.45, 7) is 0.791. The van der Waals surface area contributed by atoms with E-state index in [9.17, 15) is 0 Å². The van der Waals surface area contributed by atoms with E-state index in [1.54, 1.807) is 0 Å². The van der Waals surface area contributed by atoms with Crippen LogP contribution in [0.4, 0.5) is 0 Å². The number of rotatable bonds is 2. The molecule has 2 aliphatic carbocycles. The van der Waals surface area contributed by atoms with E-state index >= 15 is 0 Å². The molecule has 0 saturated carbocycles. The molecule has 0 aromatic carbocycles. The van der Waals surface area contributed by atoms with E-state index in [0.717, 1.165) is 19.4 Å². The predicted molar refractivity (Wildman–Crippen MR) is 58.3 cm³/mol. The second-order valence-electron chi connectivity index (χ2n) is 3.10. The molecule has 2 aliphatic rings. The molecular formula is C12H17FeN. The van der Waals surface area contributed by atoms with Gasteiger partial charge in [-0.25, -0.2) is 0 Å². The Bertz CT molecular complexity index is 217. The minimum atomic E-state index is 0. The van der Waals surface area contributed by atoms with Crippen molar-refractivity contribution < 1.29 is 17.1 Å². The van der Waals surface area contributed by atoms with Crippen LogP contribution in [0, 0.1) is 5.92 Å². The van der Waals surface area contributed by atoms with Gasteiger partial charge in [-0.15, -0.1) is 0 Å². The van der Waals surface area contributed by atoms with Crippen molar-refractivity contribution in [2.24, 2.45) is 11.7 Å². The van der Waals surface area contributed by atoms with Crippen molar-refractivity contribution >= 4 is 0 Å². The van der Waals surface area contributed by atoms with Gasteiger partial charge in [0.15, 0.2) is 0 Å². The Morgan fingerprint density at radius 3 is 1.93 bits per heavy atom. The van der Waals surface area contributed by atoms with Gasteiger partial charge in [-0.3, -0.25) is 0 Å². The summed E-state index contributed by atoms with van der Waals surface area (Å²) < 4.78 is 0. The van der Waals surface area contributed by atoms with E-state index in [2.05, 4.69) is 48.6 Å². The van der Waals surface area contributed by atoms with Gasteiger partial charge in [0.1, 0.15) is 0 Å². The minimum absolute atomic E-state index is 0. The maximum absolute atomic E-state index is 5.34. The molecule has 0 amide bonds. The van der Waals surface area contributed by atoms with E-state index in [-0.39, 0.29) is 17.1 Å². The van der Waals surface area contributed by atoms with Gasteiger partial charge < -0.3 is 5.73 Å². The molecule has 0 heterocycles. The van der Waals surface area contributed by atoms with Crippen LogP contribution in [0.2, 0.25) is 0 Å². The monoisotopic (exact) mass is 231 g/mol. The molecular weight excluding hydrogens is 214 g/mol. The molecule has 0 aromatic rings. The number of hydrogen-bond acceptors (Lipinski definition) is 1. The Morgan fingerprint density at radius 1 is 1.00 bits per heavy atom. The number of allylic oxidation sites excluding steroid dienone is 8. The third-order valence-corrected chi connectivity index (χ3v) is 1.98. The van der Waals surface area contributed by atoms with E-state index in [0.29, 0.717) is 5.92 Å². The van der Waals surface area contributed by atoms with Gasteiger partial charge >= 0.3 is 0 Å². The first-order chi connectivity index (χ1) is 6.43. The van der Waals surface area contributed by atoms with Crippen LogP contribution in [0.3, 0.4) is 0 Å². The third-order valence-electron chi connectivity index (χ3n) is 1.98. The van der Waals surface area contributed by atoms with Crippen molar-refractivity contribution in [1.29, 1.82) is 0 Å². The largest absolute Gasteiger partial charge is 0.330 e. The molecule has 0 fully saturated rings. The van der Waals surface area contributed by atoms with Gasteiger partial charge in [0.05, 0.1) is 0 Å². The van der Waals surface area contributed by atoms with E-state index in [4.69, 9.17) is 5.73 Å². The zero-order valence-corrected chi connectivity index (χ0v) is 9.35. The summed E-state index contributed by atoms with van der Waals surface area (Å²) >= 11 is 0. The van der Waals surface area contributed by atoms with Crippen LogP contribution in [0.25, 0.3) is 0 Å². The van der Waals surface area contributed by atoms with Crippen LogP contribution in [0.5, 0.6) is 0 Å². The van der Waals surface area contributed by atoms with Gasteiger partial charge in [0.25, 0.3) is 0 Å². The summed E-state index contributed by atoms with van der Waals surface area (Å²) in [6.07, 6.45) is 19.1. The zero-order valence-electron chi connectivity index (χ0n) is 8.25. The van der Waals surface area contributed by atoms with Crippen LogP contribution < -0.4 is 5.73 Å². The molecule has 0 unspecified atom stereocenters. The maximum atomic E-state index is 5.34. The molecule has 2 rings (SSSR count). The van der Waals surface area contributed by atoms with Crippen LogP contribution >= 0.6 is 0 Å². The smallest absolute Gasteiger partial charge is 0 e. The average Bonchev–Trinajstić information content (AvgIpc) is 2.79. The minimum Gasteiger partial charge on any atom is -0.330 e. The number of hydrogen-bond donors (Lipinski definition) is 1. The van der Waals surface area contributed by atoms with Gasteiger partial charge in [-0.1, -0.05) is 48.6 Å². The van der Waals surface area contributed by atoms with Crippen molar-refractivity contribution in [3.05, 3.63) is 48.6 Å². The third kappa shape index (κ3) is 5.98. The second kappa shape index (κ2) is 9.01. The zero-order chi connectivity index (χ0) is 9.36. The Morgan fingerprint density at radius 2 is 1.57 bits per heavy atom. The summed E-state index contributed by atoms with van der Waals surface area (Å²) in [5.41, 5.74) is 5.34. The Balaban J connectivity index is 0.000000246. The normalized spacial score (nSPS) is 16.6. The van der Waals surface area contributed by atoms with Gasteiger partial charge in [-0.2, -0.15) is 0 Å². The summed E-state index contributed by atoms with van der Waals surface area (Å²) in [7, 11) is 0. The summed E-state index contributed by atoms with van der Waals surface area (Å²) in [5.74, 6) is 0.625. The second-order valence-corrected chi connectivity index (χ2v) is 3.10. The van der Waals surface area contributed by atoms with Crippen molar-refractivity contribution in [3.8, 4) is 0 Å². The predicted octanol–water partition coefficient (Wildman–Crippen LogP) is 2.58. The average molecular weight is 231 g/mol. The fraction of sp³-hybridized carbons (Fsp3) is 0.333. The molecule has 0 aromatic heterocycles. The van der Waals surface area contributed by atoms with Crippen molar-refractivity contribution in [2.75, 3.05) is 6.54 Å². The fourth-order valence-corrected chi connectivity index (χ4v) is 1.26. The SMILES string of the molecule is C1=CCC=C1.NCCC1C=CC=C1.[Fe]. The molecule has 1 nitrogen and oxygen atoms in total. The number of nitrogens with two attached hydrogens (primary N) is 1. The first-order valence-electron chi connectivity index (χ1n) is 4.80. The molecule has 0 radical (unpaired) electrons. The van der Waals surface area contributed by atoms with Gasteiger partial charge in [0, 0.05) is 17.1 Å². The van der Waals surface area contributed by atoms with E-state index in [1.165, 1.54) is 0 Å². The molecule has 0 spiro atoms. The van der Waals surface area contributed by atoms with Crippen LogP contribution in [0.1, 0.15) is 12.8 Å². The van der Waals surface area contributed by atoms with E-state index < -0.39 is 0 Å². The Hall–Kier alpha value is -0.561. The summed E-state index contributed by atoms with van der Waals surface area (Å²) in [4.78, 5) is 0. The van der Waals surface area contributed by atoms with E-state index in [1.807, 2.05) is 0 Å². The molecule has 0 aliphatic heterocycles. The topological polar surface area (TPSA) is 26.0 Å². The molecule has 0 atom stereocenters. The first kappa shape index (κ1) is 13.4. The fourth-order valence-electron chi connectivity index (χ4n) is 1.26. The van der Waals surface area contributed by atoms with Crippen molar-refractivity contribution in [1.82, 2.24) is 0 Å². The molecule has 2 N–H and O–H groups in total. The molecule has 14 heavy (non-hydrogen) atoms. The quantitative estimate of drug-likeness (QED) is 0.726. The maximum Gasteiger partial charge on any atom is 0 e. The summed E-state index contributed by atoms with van der Waals surface area (Å²) in [6, 6.07) is 0. The molecule has 78 valence electrons. The molecule has 0 bridgehead atoms. The first-order valence-corrected chi connectivity index (χ1v) is 4.80. The van der Waals surface area contributed by atoms with Crippen molar-refractivity contribution in [2.45, 2.75) is 12.8 Å². The van der Waals surface area contributed by atoms with Gasteiger partial charge in [-0.05, 0) is 25.3 Å². The van der Waals surface area contributed by atoms with Crippen LogP contribution in [-0.2, 0) is 17.1 Å². The van der Waals surface area contributed by atoms with Gasteiger partial charge in [0.2, 0.25) is 0 Å². The Kier molecular flexibility index (Phi) is 8.65. The van der Waals surface area contributed by atoms with Crippen molar-refractivity contribution in [3.63, 3.8) is 0 Å². The Labute approximate surface area is 96.9 Å². The summed E-state index contributed by atoms with van der Waals surface area (Å²) in [5, 5.41) is 0. The van der Waals surface area contributed by atoms with Crippen LogP contribution in [-0.4, -0.2) is 6.54 Å². The molecule has 2 heteroatoms. The van der Waals surface area contributed by atoms with Crippen LogP contribution in [0.15, 0.2) is 48.6 Å².